The van der Waals surface area contributed by atoms with Crippen molar-refractivity contribution < 1.29 is 19.2 Å². The first-order chi connectivity index (χ1) is 13.6. The molecule has 0 spiro atoms. The highest BCUT2D eigenvalue weighted by Crippen LogP contribution is 2.36. The SMILES string of the molecule is O=C1CC(=O)N(OC(=O)NCc2ccccc2)c2ccc3ccccc3c2N1. The van der Waals surface area contributed by atoms with E-state index in [1.807, 2.05) is 54.6 Å². The van der Waals surface area contributed by atoms with Crippen molar-refractivity contribution in [2.24, 2.45) is 0 Å². The van der Waals surface area contributed by atoms with Crippen LogP contribution in [0.25, 0.3) is 10.8 Å². The van der Waals surface area contributed by atoms with Gasteiger partial charge in [0.05, 0.1) is 5.69 Å². The van der Waals surface area contributed by atoms with Crippen LogP contribution in [0.1, 0.15) is 12.0 Å². The lowest BCUT2D eigenvalue weighted by molar-refractivity contribution is -0.128. The summed E-state index contributed by atoms with van der Waals surface area (Å²) in [6.45, 7) is 0.253. The van der Waals surface area contributed by atoms with E-state index >= 15 is 0 Å². The summed E-state index contributed by atoms with van der Waals surface area (Å²) in [7, 11) is 0. The summed E-state index contributed by atoms with van der Waals surface area (Å²) in [5.41, 5.74) is 1.64. The molecule has 7 nitrogen and oxygen atoms in total. The first-order valence-electron chi connectivity index (χ1n) is 8.76. The van der Waals surface area contributed by atoms with E-state index in [2.05, 4.69) is 10.6 Å². The minimum absolute atomic E-state index is 0.253. The van der Waals surface area contributed by atoms with Gasteiger partial charge in [-0.25, -0.2) is 4.79 Å². The fourth-order valence-corrected chi connectivity index (χ4v) is 3.07. The largest absolute Gasteiger partial charge is 0.432 e. The Morgan fingerprint density at radius 3 is 2.57 bits per heavy atom. The van der Waals surface area contributed by atoms with Crippen LogP contribution in [0.15, 0.2) is 66.7 Å². The summed E-state index contributed by atoms with van der Waals surface area (Å²) < 4.78 is 0. The van der Waals surface area contributed by atoms with Gasteiger partial charge in [-0.15, -0.1) is 5.06 Å². The molecule has 3 amide bonds. The average molecular weight is 375 g/mol. The van der Waals surface area contributed by atoms with Gasteiger partial charge < -0.3 is 15.5 Å². The molecule has 0 atom stereocenters. The van der Waals surface area contributed by atoms with Crippen LogP contribution in [0.2, 0.25) is 0 Å². The van der Waals surface area contributed by atoms with Crippen LogP contribution in [0.3, 0.4) is 0 Å². The standard InChI is InChI=1S/C21H17N3O4/c25-18-12-19(26)24(28-21(27)22-13-14-6-2-1-3-7-14)17-11-10-15-8-4-5-9-16(15)20(17)23-18/h1-11H,12-13H2,(H,22,27)(H,23,25). The number of carbonyl (C=O) groups is 3. The summed E-state index contributed by atoms with van der Waals surface area (Å²) in [5.74, 6) is -1.08. The zero-order valence-corrected chi connectivity index (χ0v) is 14.8. The molecule has 3 aromatic carbocycles. The minimum Gasteiger partial charge on any atom is -0.323 e. The second-order valence-electron chi connectivity index (χ2n) is 6.31. The van der Waals surface area contributed by atoms with Gasteiger partial charge in [0.1, 0.15) is 12.1 Å². The molecule has 0 aromatic heterocycles. The third-order valence-corrected chi connectivity index (χ3v) is 4.38. The quantitative estimate of drug-likeness (QED) is 0.687. The molecule has 2 N–H and O–H groups in total. The van der Waals surface area contributed by atoms with Gasteiger partial charge in [0.2, 0.25) is 5.91 Å². The molecule has 1 heterocycles. The summed E-state index contributed by atoms with van der Waals surface area (Å²) in [6.07, 6.45) is -1.21. The van der Waals surface area contributed by atoms with Crippen molar-refractivity contribution in [3.63, 3.8) is 0 Å². The highest BCUT2D eigenvalue weighted by atomic mass is 16.7. The van der Waals surface area contributed by atoms with Gasteiger partial charge in [0.25, 0.3) is 5.91 Å². The molecular weight excluding hydrogens is 358 g/mol. The van der Waals surface area contributed by atoms with Crippen molar-refractivity contribution in [1.29, 1.82) is 0 Å². The van der Waals surface area contributed by atoms with Crippen molar-refractivity contribution in [3.05, 3.63) is 72.3 Å². The lowest BCUT2D eigenvalue weighted by Gasteiger charge is -2.21. The number of benzene rings is 3. The molecule has 0 saturated carbocycles. The number of nitrogens with zero attached hydrogens (tertiary/aromatic N) is 1. The van der Waals surface area contributed by atoms with Crippen LogP contribution < -0.4 is 15.7 Å². The summed E-state index contributed by atoms with van der Waals surface area (Å²) in [4.78, 5) is 42.2. The zero-order valence-electron chi connectivity index (χ0n) is 14.8. The topological polar surface area (TPSA) is 87.7 Å². The van der Waals surface area contributed by atoms with E-state index in [0.29, 0.717) is 11.4 Å². The number of fused-ring (bicyclic) bond motifs is 3. The Bertz CT molecular complexity index is 1070. The number of anilines is 2. The van der Waals surface area contributed by atoms with Gasteiger partial charge in [-0.05, 0) is 17.0 Å². The van der Waals surface area contributed by atoms with Crippen molar-refractivity contribution >= 4 is 40.1 Å². The first kappa shape index (κ1) is 17.5. The molecule has 3 aromatic rings. The second kappa shape index (κ2) is 7.40. The molecule has 4 rings (SSSR count). The predicted octanol–water partition coefficient (Wildman–Crippen LogP) is 3.36. The minimum atomic E-state index is -0.786. The molecule has 0 bridgehead atoms. The van der Waals surface area contributed by atoms with Crippen LogP contribution in [0, 0.1) is 0 Å². The molecule has 1 aliphatic rings. The molecule has 0 unspecified atom stereocenters. The molecule has 1 aliphatic heterocycles. The second-order valence-corrected chi connectivity index (χ2v) is 6.31. The zero-order chi connectivity index (χ0) is 19.5. The van der Waals surface area contributed by atoms with E-state index in [0.717, 1.165) is 21.4 Å². The van der Waals surface area contributed by atoms with Gasteiger partial charge in [-0.3, -0.25) is 9.59 Å². The third kappa shape index (κ3) is 3.50. The van der Waals surface area contributed by atoms with Crippen LogP contribution in [-0.4, -0.2) is 17.9 Å². The lowest BCUT2D eigenvalue weighted by atomic mass is 10.1. The Morgan fingerprint density at radius 1 is 1.00 bits per heavy atom. The van der Waals surface area contributed by atoms with E-state index < -0.39 is 24.3 Å². The highest BCUT2D eigenvalue weighted by molar-refractivity contribution is 6.18. The van der Waals surface area contributed by atoms with E-state index in [1.54, 1.807) is 12.1 Å². The number of nitrogens with one attached hydrogen (secondary N) is 2. The van der Waals surface area contributed by atoms with Gasteiger partial charge >= 0.3 is 6.09 Å². The number of rotatable bonds is 3. The molecule has 140 valence electrons. The van der Waals surface area contributed by atoms with Crippen LogP contribution in [0.4, 0.5) is 16.2 Å². The van der Waals surface area contributed by atoms with Crippen molar-refractivity contribution in [2.75, 3.05) is 10.4 Å². The van der Waals surface area contributed by atoms with Crippen molar-refractivity contribution in [3.8, 4) is 0 Å². The first-order valence-corrected chi connectivity index (χ1v) is 8.76. The maximum atomic E-state index is 12.5. The lowest BCUT2D eigenvalue weighted by Crippen LogP contribution is -2.37. The van der Waals surface area contributed by atoms with Crippen molar-refractivity contribution in [1.82, 2.24) is 5.32 Å². The number of amides is 3. The number of hydrogen-bond donors (Lipinski definition) is 2. The van der Waals surface area contributed by atoms with Crippen LogP contribution in [0.5, 0.6) is 0 Å². The fraction of sp³-hybridized carbons (Fsp3) is 0.0952. The number of hydrogen-bond acceptors (Lipinski definition) is 4. The number of hydroxylamine groups is 1. The van der Waals surface area contributed by atoms with Crippen LogP contribution >= 0.6 is 0 Å². The summed E-state index contributed by atoms with van der Waals surface area (Å²) in [5, 5.41) is 7.87. The van der Waals surface area contributed by atoms with E-state index in [1.165, 1.54) is 0 Å². The Labute approximate surface area is 160 Å². The smallest absolute Gasteiger partial charge is 0.323 e. The predicted molar refractivity (Wildman–Crippen MR) is 104 cm³/mol. The molecule has 0 saturated heterocycles. The molecule has 28 heavy (non-hydrogen) atoms. The molecule has 0 fully saturated rings. The summed E-state index contributed by atoms with van der Waals surface area (Å²) in [6, 6.07) is 20.2. The molecule has 0 radical (unpaired) electrons. The van der Waals surface area contributed by atoms with Gasteiger partial charge in [-0.1, -0.05) is 60.7 Å². The Kier molecular flexibility index (Phi) is 4.63. The maximum Gasteiger partial charge on any atom is 0.432 e. The van der Waals surface area contributed by atoms with Crippen molar-refractivity contribution in [2.45, 2.75) is 13.0 Å². The molecular formula is C21H17N3O4. The van der Waals surface area contributed by atoms with Crippen LogP contribution in [-0.2, 0) is 21.0 Å². The van der Waals surface area contributed by atoms with Gasteiger partial charge in [-0.2, -0.15) is 0 Å². The molecule has 0 aliphatic carbocycles. The Morgan fingerprint density at radius 2 is 1.75 bits per heavy atom. The summed E-state index contributed by atoms with van der Waals surface area (Å²) >= 11 is 0. The maximum absolute atomic E-state index is 12.5. The average Bonchev–Trinajstić information content (AvgIpc) is 2.83. The highest BCUT2D eigenvalue weighted by Gasteiger charge is 2.30. The van der Waals surface area contributed by atoms with E-state index in [4.69, 9.17) is 4.84 Å². The molecule has 7 heteroatoms. The monoisotopic (exact) mass is 375 g/mol. The third-order valence-electron chi connectivity index (χ3n) is 4.38. The number of carbonyl (C=O) groups excluding carboxylic acids is 3. The fourth-order valence-electron chi connectivity index (χ4n) is 3.07. The van der Waals surface area contributed by atoms with E-state index in [-0.39, 0.29) is 6.54 Å². The van der Waals surface area contributed by atoms with Gasteiger partial charge in [0, 0.05) is 11.9 Å². The normalized spacial score (nSPS) is 13.5. The van der Waals surface area contributed by atoms with E-state index in [9.17, 15) is 14.4 Å². The van der Waals surface area contributed by atoms with Gasteiger partial charge in [0.15, 0.2) is 0 Å². The Balaban J connectivity index is 1.61. The Hall–Kier alpha value is -3.87.